The molecular formula is C20H22F3NO2. The van der Waals surface area contributed by atoms with Crippen molar-refractivity contribution in [3.8, 4) is 0 Å². The Morgan fingerprint density at radius 1 is 0.962 bits per heavy atom. The molecule has 6 heteroatoms. The Balaban J connectivity index is 1.96. The Kier molecular flexibility index (Phi) is 5.76. The van der Waals surface area contributed by atoms with Crippen LogP contribution in [-0.2, 0) is 11.6 Å². The van der Waals surface area contributed by atoms with Gasteiger partial charge in [-0.15, -0.1) is 0 Å². The zero-order chi connectivity index (χ0) is 19.5. The molecule has 2 N–H and O–H groups in total. The summed E-state index contributed by atoms with van der Waals surface area (Å²) in [6.07, 6.45) is -5.51. The number of halogens is 3. The van der Waals surface area contributed by atoms with Gasteiger partial charge in [0.2, 0.25) is 0 Å². The zero-order valence-corrected chi connectivity index (χ0v) is 14.9. The SMILES string of the molecule is CC(C)(C)c1ccc(C(=O)NCC(O)c2ccc(C(F)(F)F)cc2)cc1. The predicted molar refractivity (Wildman–Crippen MR) is 93.9 cm³/mol. The number of carbonyl (C=O) groups excluding carboxylic acids is 1. The van der Waals surface area contributed by atoms with Gasteiger partial charge in [-0.25, -0.2) is 0 Å². The first-order chi connectivity index (χ1) is 12.0. The molecule has 0 aliphatic heterocycles. The van der Waals surface area contributed by atoms with E-state index >= 15 is 0 Å². The van der Waals surface area contributed by atoms with Crippen LogP contribution in [0.2, 0.25) is 0 Å². The number of nitrogens with one attached hydrogen (secondary N) is 1. The van der Waals surface area contributed by atoms with Crippen molar-refractivity contribution in [2.75, 3.05) is 6.54 Å². The number of alkyl halides is 3. The van der Waals surface area contributed by atoms with Gasteiger partial charge in [0.05, 0.1) is 11.7 Å². The van der Waals surface area contributed by atoms with E-state index in [2.05, 4.69) is 26.1 Å². The first kappa shape index (κ1) is 20.0. The maximum atomic E-state index is 12.5. The lowest BCUT2D eigenvalue weighted by molar-refractivity contribution is -0.137. The van der Waals surface area contributed by atoms with Crippen LogP contribution in [0.25, 0.3) is 0 Å². The summed E-state index contributed by atoms with van der Waals surface area (Å²) >= 11 is 0. The molecule has 26 heavy (non-hydrogen) atoms. The Bertz CT molecular complexity index is 745. The monoisotopic (exact) mass is 365 g/mol. The molecule has 2 aromatic rings. The topological polar surface area (TPSA) is 49.3 Å². The highest BCUT2D eigenvalue weighted by Crippen LogP contribution is 2.29. The van der Waals surface area contributed by atoms with E-state index in [-0.39, 0.29) is 17.9 Å². The molecule has 0 bridgehead atoms. The summed E-state index contributed by atoms with van der Waals surface area (Å²) in [6.45, 7) is 6.12. The summed E-state index contributed by atoms with van der Waals surface area (Å²) in [5, 5.41) is 12.7. The first-order valence-corrected chi connectivity index (χ1v) is 8.22. The van der Waals surface area contributed by atoms with E-state index in [9.17, 15) is 23.1 Å². The number of rotatable bonds is 4. The average molecular weight is 365 g/mol. The van der Waals surface area contributed by atoms with Crippen molar-refractivity contribution >= 4 is 5.91 Å². The van der Waals surface area contributed by atoms with Gasteiger partial charge in [-0.3, -0.25) is 4.79 Å². The van der Waals surface area contributed by atoms with Crippen LogP contribution >= 0.6 is 0 Å². The van der Waals surface area contributed by atoms with E-state index in [1.54, 1.807) is 12.1 Å². The van der Waals surface area contributed by atoms with Crippen LogP contribution in [0, 0.1) is 0 Å². The minimum Gasteiger partial charge on any atom is -0.387 e. The number of aliphatic hydroxyl groups excluding tert-OH is 1. The smallest absolute Gasteiger partial charge is 0.387 e. The fraction of sp³-hybridized carbons (Fsp3) is 0.350. The molecule has 0 spiro atoms. The van der Waals surface area contributed by atoms with Crippen molar-refractivity contribution in [2.45, 2.75) is 38.5 Å². The van der Waals surface area contributed by atoms with Gasteiger partial charge in [-0.2, -0.15) is 13.2 Å². The molecule has 0 aliphatic rings. The number of carbonyl (C=O) groups is 1. The molecule has 0 radical (unpaired) electrons. The van der Waals surface area contributed by atoms with Crippen LogP contribution in [0.3, 0.4) is 0 Å². The van der Waals surface area contributed by atoms with Crippen LogP contribution in [0.15, 0.2) is 48.5 Å². The van der Waals surface area contributed by atoms with Crippen LogP contribution in [0.4, 0.5) is 13.2 Å². The predicted octanol–water partition coefficient (Wildman–Crippen LogP) is 4.47. The van der Waals surface area contributed by atoms with Gasteiger partial charge in [-0.1, -0.05) is 45.0 Å². The fourth-order valence-corrected chi connectivity index (χ4v) is 2.43. The number of benzene rings is 2. The highest BCUT2D eigenvalue weighted by atomic mass is 19.4. The summed E-state index contributed by atoms with van der Waals surface area (Å²) < 4.78 is 37.6. The van der Waals surface area contributed by atoms with Crippen molar-refractivity contribution < 1.29 is 23.1 Å². The average Bonchev–Trinajstić information content (AvgIpc) is 2.58. The maximum absolute atomic E-state index is 12.5. The van der Waals surface area contributed by atoms with Crippen LogP contribution < -0.4 is 5.32 Å². The standard InChI is InChI=1S/C20H22F3NO2/c1-19(2,3)15-8-6-14(7-9-15)18(26)24-12-17(25)13-4-10-16(11-5-13)20(21,22)23/h4-11,17,25H,12H2,1-3H3,(H,24,26). The molecule has 0 heterocycles. The molecule has 0 saturated carbocycles. The Hall–Kier alpha value is -2.34. The second kappa shape index (κ2) is 7.50. The largest absolute Gasteiger partial charge is 0.416 e. The van der Waals surface area contributed by atoms with Crippen LogP contribution in [-0.4, -0.2) is 17.6 Å². The van der Waals surface area contributed by atoms with Crippen molar-refractivity contribution in [3.05, 3.63) is 70.8 Å². The lowest BCUT2D eigenvalue weighted by atomic mass is 9.87. The fourth-order valence-electron chi connectivity index (χ4n) is 2.43. The number of aliphatic hydroxyl groups is 1. The normalized spacial score (nSPS) is 13.3. The van der Waals surface area contributed by atoms with Crippen LogP contribution in [0.1, 0.15) is 53.9 Å². The molecule has 2 aromatic carbocycles. The second-order valence-corrected chi connectivity index (χ2v) is 7.17. The minimum absolute atomic E-state index is 0.0201. The number of amides is 1. The van der Waals surface area contributed by atoms with Crippen molar-refractivity contribution in [1.82, 2.24) is 5.32 Å². The molecule has 140 valence electrons. The van der Waals surface area contributed by atoms with Gasteiger partial charge >= 0.3 is 6.18 Å². The Labute approximate surface area is 150 Å². The quantitative estimate of drug-likeness (QED) is 0.840. The number of hydrogen-bond acceptors (Lipinski definition) is 2. The third-order valence-electron chi connectivity index (χ3n) is 4.09. The first-order valence-electron chi connectivity index (χ1n) is 8.22. The molecule has 0 aromatic heterocycles. The van der Waals surface area contributed by atoms with E-state index in [0.717, 1.165) is 17.7 Å². The Morgan fingerprint density at radius 2 is 1.46 bits per heavy atom. The van der Waals surface area contributed by atoms with Gasteiger partial charge in [0.1, 0.15) is 0 Å². The molecule has 1 unspecified atom stereocenters. The third-order valence-corrected chi connectivity index (χ3v) is 4.09. The molecule has 1 atom stereocenters. The van der Waals surface area contributed by atoms with E-state index in [1.165, 1.54) is 12.1 Å². The van der Waals surface area contributed by atoms with E-state index < -0.39 is 17.8 Å². The van der Waals surface area contributed by atoms with Gasteiger partial charge < -0.3 is 10.4 Å². The molecule has 3 nitrogen and oxygen atoms in total. The summed E-state index contributed by atoms with van der Waals surface area (Å²) in [6, 6.07) is 11.4. The second-order valence-electron chi connectivity index (χ2n) is 7.17. The summed E-state index contributed by atoms with van der Waals surface area (Å²) in [7, 11) is 0. The lowest BCUT2D eigenvalue weighted by Gasteiger charge is -2.19. The van der Waals surface area contributed by atoms with Crippen molar-refractivity contribution in [2.24, 2.45) is 0 Å². The van der Waals surface area contributed by atoms with Crippen molar-refractivity contribution in [3.63, 3.8) is 0 Å². The van der Waals surface area contributed by atoms with Crippen molar-refractivity contribution in [1.29, 1.82) is 0 Å². The number of hydrogen-bond donors (Lipinski definition) is 2. The highest BCUT2D eigenvalue weighted by Gasteiger charge is 2.30. The molecule has 0 fully saturated rings. The van der Waals surface area contributed by atoms with Gasteiger partial charge in [0.25, 0.3) is 5.91 Å². The highest BCUT2D eigenvalue weighted by molar-refractivity contribution is 5.94. The molecular weight excluding hydrogens is 343 g/mol. The molecule has 0 aliphatic carbocycles. The molecule has 0 saturated heterocycles. The summed E-state index contributed by atoms with van der Waals surface area (Å²) in [4.78, 5) is 12.2. The summed E-state index contributed by atoms with van der Waals surface area (Å²) in [5.74, 6) is -0.351. The third kappa shape index (κ3) is 5.08. The van der Waals surface area contributed by atoms with E-state index in [1.807, 2.05) is 12.1 Å². The van der Waals surface area contributed by atoms with Gasteiger partial charge in [0, 0.05) is 12.1 Å². The lowest BCUT2D eigenvalue weighted by Crippen LogP contribution is -2.28. The van der Waals surface area contributed by atoms with Gasteiger partial charge in [0.15, 0.2) is 0 Å². The molecule has 1 amide bonds. The molecule has 2 rings (SSSR count). The Morgan fingerprint density at radius 3 is 1.92 bits per heavy atom. The van der Waals surface area contributed by atoms with Gasteiger partial charge in [-0.05, 0) is 40.8 Å². The maximum Gasteiger partial charge on any atom is 0.416 e. The van der Waals surface area contributed by atoms with Crippen LogP contribution in [0.5, 0.6) is 0 Å². The van der Waals surface area contributed by atoms with E-state index in [0.29, 0.717) is 11.1 Å². The van der Waals surface area contributed by atoms with E-state index in [4.69, 9.17) is 0 Å². The summed E-state index contributed by atoms with van der Waals surface area (Å²) in [5.41, 5.74) is 1.06. The minimum atomic E-state index is -4.42. The zero-order valence-electron chi connectivity index (χ0n) is 14.9.